The van der Waals surface area contributed by atoms with Gasteiger partial charge in [0.15, 0.2) is 0 Å². The van der Waals surface area contributed by atoms with E-state index in [1.165, 1.54) is 0 Å². The van der Waals surface area contributed by atoms with E-state index in [2.05, 4.69) is 5.32 Å². The van der Waals surface area contributed by atoms with Crippen molar-refractivity contribution < 1.29 is 14.6 Å². The Morgan fingerprint density at radius 2 is 2.24 bits per heavy atom. The molecule has 1 aromatic rings. The van der Waals surface area contributed by atoms with Gasteiger partial charge in [-0.1, -0.05) is 11.6 Å². The first-order valence-corrected chi connectivity index (χ1v) is 7.22. The Bertz CT molecular complexity index is 528. The number of aliphatic hydroxyl groups is 1. The monoisotopic (exact) mass is 292 g/mol. The molecule has 2 rings (SSSR count). The molecule has 116 valence electrons. The van der Waals surface area contributed by atoms with Crippen LogP contribution in [0.1, 0.15) is 29.8 Å². The van der Waals surface area contributed by atoms with Gasteiger partial charge in [0.25, 0.3) is 5.91 Å². The van der Waals surface area contributed by atoms with Crippen LogP contribution in [0.3, 0.4) is 0 Å². The SMILES string of the molecule is CNc1ccc(C)cc1C(=O)N1CC(CO)OC(C)(C)C1. The number of benzene rings is 1. The number of morpholine rings is 1. The summed E-state index contributed by atoms with van der Waals surface area (Å²) in [5.74, 6) is -0.0297. The number of ether oxygens (including phenoxy) is 1. The number of hydrogen-bond donors (Lipinski definition) is 2. The second-order valence-corrected chi connectivity index (χ2v) is 6.17. The molecule has 0 aromatic heterocycles. The minimum absolute atomic E-state index is 0.0297. The lowest BCUT2D eigenvalue weighted by Gasteiger charge is -2.42. The maximum absolute atomic E-state index is 12.8. The second kappa shape index (κ2) is 6.03. The minimum atomic E-state index is -0.453. The summed E-state index contributed by atoms with van der Waals surface area (Å²) in [5.41, 5.74) is 2.07. The molecule has 1 amide bonds. The van der Waals surface area contributed by atoms with E-state index in [9.17, 15) is 9.90 Å². The maximum atomic E-state index is 12.8. The van der Waals surface area contributed by atoms with Gasteiger partial charge in [-0.25, -0.2) is 0 Å². The summed E-state index contributed by atoms with van der Waals surface area (Å²) < 4.78 is 5.76. The van der Waals surface area contributed by atoms with E-state index in [1.54, 1.807) is 11.9 Å². The van der Waals surface area contributed by atoms with Gasteiger partial charge < -0.3 is 20.1 Å². The molecule has 1 aromatic carbocycles. The molecule has 21 heavy (non-hydrogen) atoms. The first kappa shape index (κ1) is 15.8. The molecule has 0 aliphatic carbocycles. The number of aryl methyl sites for hydroxylation is 1. The van der Waals surface area contributed by atoms with Gasteiger partial charge in [0.05, 0.1) is 23.9 Å². The summed E-state index contributed by atoms with van der Waals surface area (Å²) in [6.07, 6.45) is -0.333. The van der Waals surface area contributed by atoms with E-state index in [0.717, 1.165) is 11.3 Å². The number of nitrogens with one attached hydrogen (secondary N) is 1. The number of amides is 1. The summed E-state index contributed by atoms with van der Waals surface area (Å²) in [6.45, 7) is 6.68. The molecule has 2 N–H and O–H groups in total. The normalized spacial score (nSPS) is 21.2. The Hall–Kier alpha value is -1.59. The number of hydrogen-bond acceptors (Lipinski definition) is 4. The standard InChI is InChI=1S/C16H24N2O3/c1-11-5-6-14(17-4)13(7-11)15(20)18-8-12(9-19)21-16(2,3)10-18/h5-7,12,17,19H,8-10H2,1-4H3. The van der Waals surface area contributed by atoms with Crippen molar-refractivity contribution >= 4 is 11.6 Å². The predicted octanol–water partition coefficient (Wildman–Crippen LogP) is 1.65. The lowest BCUT2D eigenvalue weighted by molar-refractivity contribution is -0.139. The molecule has 1 unspecified atom stereocenters. The van der Waals surface area contributed by atoms with Crippen LogP contribution in [0.5, 0.6) is 0 Å². The van der Waals surface area contributed by atoms with Crippen LogP contribution in [0.15, 0.2) is 18.2 Å². The van der Waals surface area contributed by atoms with E-state index in [0.29, 0.717) is 18.7 Å². The molecule has 1 aliphatic rings. The van der Waals surface area contributed by atoms with E-state index in [4.69, 9.17) is 4.74 Å². The van der Waals surface area contributed by atoms with Gasteiger partial charge in [-0.05, 0) is 32.9 Å². The first-order valence-electron chi connectivity index (χ1n) is 7.22. The lowest BCUT2D eigenvalue weighted by atomic mass is 10.0. The number of aliphatic hydroxyl groups excluding tert-OH is 1. The van der Waals surface area contributed by atoms with Crippen LogP contribution in [0.2, 0.25) is 0 Å². The van der Waals surface area contributed by atoms with Crippen molar-refractivity contribution in [3.05, 3.63) is 29.3 Å². The van der Waals surface area contributed by atoms with E-state index >= 15 is 0 Å². The quantitative estimate of drug-likeness (QED) is 0.889. The predicted molar refractivity (Wildman–Crippen MR) is 82.7 cm³/mol. The highest BCUT2D eigenvalue weighted by Gasteiger charge is 2.36. The van der Waals surface area contributed by atoms with Gasteiger partial charge in [-0.3, -0.25) is 4.79 Å². The molecule has 1 aliphatic heterocycles. The van der Waals surface area contributed by atoms with Gasteiger partial charge in [-0.15, -0.1) is 0 Å². The van der Waals surface area contributed by atoms with E-state index in [-0.39, 0.29) is 18.6 Å². The zero-order chi connectivity index (χ0) is 15.6. The first-order chi connectivity index (χ1) is 9.86. The summed E-state index contributed by atoms with van der Waals surface area (Å²) >= 11 is 0. The Kier molecular flexibility index (Phi) is 4.54. The third kappa shape index (κ3) is 3.54. The molecule has 1 saturated heterocycles. The van der Waals surface area contributed by atoms with Crippen molar-refractivity contribution in [3.63, 3.8) is 0 Å². The van der Waals surface area contributed by atoms with Gasteiger partial charge >= 0.3 is 0 Å². The Labute approximate surface area is 125 Å². The minimum Gasteiger partial charge on any atom is -0.394 e. The molecular weight excluding hydrogens is 268 g/mol. The Morgan fingerprint density at radius 3 is 2.86 bits per heavy atom. The number of rotatable bonds is 3. The molecule has 0 bridgehead atoms. The van der Waals surface area contributed by atoms with Crippen molar-refractivity contribution in [1.82, 2.24) is 4.90 Å². The highest BCUT2D eigenvalue weighted by atomic mass is 16.5. The van der Waals surface area contributed by atoms with Crippen molar-refractivity contribution in [2.24, 2.45) is 0 Å². The molecule has 5 nitrogen and oxygen atoms in total. The fourth-order valence-corrected chi connectivity index (χ4v) is 2.77. The van der Waals surface area contributed by atoms with Crippen molar-refractivity contribution in [1.29, 1.82) is 0 Å². The molecular formula is C16H24N2O3. The Balaban J connectivity index is 2.28. The zero-order valence-electron chi connectivity index (χ0n) is 13.1. The molecule has 1 fully saturated rings. The number of carbonyl (C=O) groups excluding carboxylic acids is 1. The van der Waals surface area contributed by atoms with Crippen molar-refractivity contribution in [3.8, 4) is 0 Å². The highest BCUT2D eigenvalue weighted by molar-refractivity contribution is 6.00. The van der Waals surface area contributed by atoms with Crippen LogP contribution in [-0.4, -0.2) is 54.4 Å². The number of nitrogens with zero attached hydrogens (tertiary/aromatic N) is 1. The number of carbonyl (C=O) groups is 1. The van der Waals surface area contributed by atoms with E-state index in [1.807, 2.05) is 39.0 Å². The molecule has 1 heterocycles. The summed E-state index contributed by atoms with van der Waals surface area (Å²) in [7, 11) is 1.81. The van der Waals surface area contributed by atoms with Gasteiger partial charge in [-0.2, -0.15) is 0 Å². The fraction of sp³-hybridized carbons (Fsp3) is 0.562. The molecule has 0 spiro atoms. The van der Waals surface area contributed by atoms with Crippen LogP contribution < -0.4 is 5.32 Å². The van der Waals surface area contributed by atoms with Crippen LogP contribution in [0.25, 0.3) is 0 Å². The van der Waals surface area contributed by atoms with Gasteiger partial charge in [0, 0.05) is 25.8 Å². The molecule has 0 saturated carbocycles. The van der Waals surface area contributed by atoms with Gasteiger partial charge in [0.1, 0.15) is 0 Å². The molecule has 0 radical (unpaired) electrons. The third-order valence-electron chi connectivity index (χ3n) is 3.65. The van der Waals surface area contributed by atoms with Crippen molar-refractivity contribution in [2.45, 2.75) is 32.5 Å². The van der Waals surface area contributed by atoms with Crippen LogP contribution in [0, 0.1) is 6.92 Å². The zero-order valence-corrected chi connectivity index (χ0v) is 13.1. The average Bonchev–Trinajstić information content (AvgIpc) is 2.44. The second-order valence-electron chi connectivity index (χ2n) is 6.17. The largest absolute Gasteiger partial charge is 0.394 e. The molecule has 5 heteroatoms. The average molecular weight is 292 g/mol. The van der Waals surface area contributed by atoms with Gasteiger partial charge in [0.2, 0.25) is 0 Å². The van der Waals surface area contributed by atoms with Crippen LogP contribution >= 0.6 is 0 Å². The highest BCUT2D eigenvalue weighted by Crippen LogP contribution is 2.25. The summed E-state index contributed by atoms with van der Waals surface area (Å²) in [4.78, 5) is 14.6. The summed E-state index contributed by atoms with van der Waals surface area (Å²) in [5, 5.41) is 12.4. The maximum Gasteiger partial charge on any atom is 0.256 e. The van der Waals surface area contributed by atoms with Crippen LogP contribution in [0.4, 0.5) is 5.69 Å². The van der Waals surface area contributed by atoms with Crippen LogP contribution in [-0.2, 0) is 4.74 Å². The lowest BCUT2D eigenvalue weighted by Crippen LogP contribution is -2.55. The fourth-order valence-electron chi connectivity index (χ4n) is 2.77. The summed E-state index contributed by atoms with van der Waals surface area (Å²) in [6, 6.07) is 5.78. The topological polar surface area (TPSA) is 61.8 Å². The number of anilines is 1. The Morgan fingerprint density at radius 1 is 1.52 bits per heavy atom. The van der Waals surface area contributed by atoms with E-state index < -0.39 is 5.60 Å². The van der Waals surface area contributed by atoms with Crippen molar-refractivity contribution in [2.75, 3.05) is 32.1 Å². The molecule has 1 atom stereocenters. The third-order valence-corrected chi connectivity index (χ3v) is 3.65. The smallest absolute Gasteiger partial charge is 0.256 e.